The summed E-state index contributed by atoms with van der Waals surface area (Å²) in [4.78, 5) is 1.76. The number of rotatable bonds is 0. The fraction of sp³-hybridized carbons (Fsp3) is 0.538. The van der Waals surface area contributed by atoms with Gasteiger partial charge in [0.1, 0.15) is 0 Å². The zero-order chi connectivity index (χ0) is 11.2. The SMILES string of the molecule is OC1(O)CCC2CCCN1c1ccccc12. The first-order valence-corrected chi connectivity index (χ1v) is 6.00. The van der Waals surface area contributed by atoms with Crippen LogP contribution in [0.3, 0.4) is 0 Å². The van der Waals surface area contributed by atoms with Crippen molar-refractivity contribution in [3.05, 3.63) is 29.8 Å². The Labute approximate surface area is 95.3 Å². The average Bonchev–Trinajstić information content (AvgIpc) is 2.50. The van der Waals surface area contributed by atoms with Gasteiger partial charge in [-0.25, -0.2) is 0 Å². The maximum atomic E-state index is 10.1. The molecule has 0 saturated carbocycles. The van der Waals surface area contributed by atoms with Crippen molar-refractivity contribution in [2.75, 3.05) is 11.4 Å². The lowest BCUT2D eigenvalue weighted by atomic mass is 9.90. The summed E-state index contributed by atoms with van der Waals surface area (Å²) in [5, 5.41) is 20.2. The van der Waals surface area contributed by atoms with Crippen LogP contribution >= 0.6 is 0 Å². The molecule has 2 aliphatic rings. The zero-order valence-electron chi connectivity index (χ0n) is 9.26. The normalized spacial score (nSPS) is 27.1. The van der Waals surface area contributed by atoms with Crippen LogP contribution in [0.2, 0.25) is 0 Å². The lowest BCUT2D eigenvalue weighted by molar-refractivity contribution is -0.167. The van der Waals surface area contributed by atoms with E-state index in [-0.39, 0.29) is 0 Å². The minimum absolute atomic E-state index is 0.437. The van der Waals surface area contributed by atoms with Gasteiger partial charge >= 0.3 is 0 Å². The van der Waals surface area contributed by atoms with E-state index in [2.05, 4.69) is 6.07 Å². The lowest BCUT2D eigenvalue weighted by Crippen LogP contribution is -2.49. The average molecular weight is 219 g/mol. The molecule has 0 saturated heterocycles. The molecule has 0 radical (unpaired) electrons. The van der Waals surface area contributed by atoms with Gasteiger partial charge < -0.3 is 15.1 Å². The fourth-order valence-electron chi connectivity index (χ4n) is 3.02. The van der Waals surface area contributed by atoms with E-state index in [1.165, 1.54) is 5.56 Å². The first-order chi connectivity index (χ1) is 7.68. The number of para-hydroxylation sites is 1. The summed E-state index contributed by atoms with van der Waals surface area (Å²) in [5.41, 5.74) is 2.29. The third-order valence-electron chi connectivity index (χ3n) is 3.86. The number of nitrogens with zero attached hydrogens (tertiary/aromatic N) is 1. The predicted molar refractivity (Wildman–Crippen MR) is 62.2 cm³/mol. The summed E-state index contributed by atoms with van der Waals surface area (Å²) in [7, 11) is 0. The molecule has 16 heavy (non-hydrogen) atoms. The summed E-state index contributed by atoms with van der Waals surface area (Å²) in [6.45, 7) is 0.737. The highest BCUT2D eigenvalue weighted by molar-refractivity contribution is 5.57. The van der Waals surface area contributed by atoms with Gasteiger partial charge in [0, 0.05) is 18.7 Å². The quantitative estimate of drug-likeness (QED) is 0.654. The van der Waals surface area contributed by atoms with E-state index in [0.29, 0.717) is 12.3 Å². The topological polar surface area (TPSA) is 43.7 Å². The molecule has 0 aliphatic carbocycles. The standard InChI is InChI=1S/C13H17NO2/c15-13(16)8-7-10-4-3-9-14(13)12-6-2-1-5-11(10)12/h1-2,5-6,10,15-16H,3-4,7-9H2. The van der Waals surface area contributed by atoms with Gasteiger partial charge in [0.2, 0.25) is 5.91 Å². The van der Waals surface area contributed by atoms with Crippen LogP contribution < -0.4 is 4.90 Å². The van der Waals surface area contributed by atoms with Gasteiger partial charge in [-0.1, -0.05) is 18.2 Å². The Balaban J connectivity index is 2.16. The van der Waals surface area contributed by atoms with Crippen molar-refractivity contribution in [3.63, 3.8) is 0 Å². The first-order valence-electron chi connectivity index (χ1n) is 6.00. The second-order valence-electron chi connectivity index (χ2n) is 4.86. The molecule has 0 fully saturated rings. The van der Waals surface area contributed by atoms with Crippen molar-refractivity contribution < 1.29 is 10.2 Å². The van der Waals surface area contributed by atoms with E-state index in [1.807, 2.05) is 18.2 Å². The molecule has 2 N–H and O–H groups in total. The molecule has 3 heteroatoms. The molecule has 86 valence electrons. The fourth-order valence-corrected chi connectivity index (χ4v) is 3.02. The van der Waals surface area contributed by atoms with Crippen molar-refractivity contribution in [3.8, 4) is 0 Å². The van der Waals surface area contributed by atoms with Crippen LogP contribution in [0.5, 0.6) is 0 Å². The van der Waals surface area contributed by atoms with Gasteiger partial charge in [0.25, 0.3) is 0 Å². The van der Waals surface area contributed by atoms with Gasteiger partial charge in [-0.15, -0.1) is 0 Å². The number of hydrogen-bond donors (Lipinski definition) is 2. The molecule has 1 atom stereocenters. The minimum atomic E-state index is -1.66. The Kier molecular flexibility index (Phi) is 2.19. The Morgan fingerprint density at radius 1 is 1.19 bits per heavy atom. The summed E-state index contributed by atoms with van der Waals surface area (Å²) in [6.07, 6.45) is 3.48. The summed E-state index contributed by atoms with van der Waals surface area (Å²) in [5.74, 6) is -1.17. The van der Waals surface area contributed by atoms with Crippen LogP contribution in [0, 0.1) is 0 Å². The van der Waals surface area contributed by atoms with E-state index in [9.17, 15) is 10.2 Å². The van der Waals surface area contributed by atoms with E-state index in [0.717, 1.165) is 31.5 Å². The maximum Gasteiger partial charge on any atom is 0.246 e. The highest BCUT2D eigenvalue weighted by atomic mass is 16.5. The zero-order valence-corrected chi connectivity index (χ0v) is 9.26. The van der Waals surface area contributed by atoms with Gasteiger partial charge in [-0.3, -0.25) is 0 Å². The van der Waals surface area contributed by atoms with E-state index in [4.69, 9.17) is 0 Å². The van der Waals surface area contributed by atoms with Crippen LogP contribution in [0.15, 0.2) is 24.3 Å². The van der Waals surface area contributed by atoms with Crippen molar-refractivity contribution in [2.24, 2.45) is 0 Å². The lowest BCUT2D eigenvalue weighted by Gasteiger charge is -2.36. The monoisotopic (exact) mass is 219 g/mol. The van der Waals surface area contributed by atoms with Crippen molar-refractivity contribution in [2.45, 2.75) is 37.5 Å². The Morgan fingerprint density at radius 2 is 2.00 bits per heavy atom. The van der Waals surface area contributed by atoms with Gasteiger partial charge in [-0.2, -0.15) is 0 Å². The van der Waals surface area contributed by atoms with Crippen molar-refractivity contribution in [1.82, 2.24) is 0 Å². The molecule has 2 heterocycles. The van der Waals surface area contributed by atoms with Crippen LogP contribution in [-0.2, 0) is 0 Å². The molecule has 3 nitrogen and oxygen atoms in total. The van der Waals surface area contributed by atoms with Gasteiger partial charge in [0.15, 0.2) is 0 Å². The van der Waals surface area contributed by atoms with Gasteiger partial charge in [-0.05, 0) is 36.8 Å². The first kappa shape index (κ1) is 10.1. The molecular formula is C13H17NO2. The second kappa shape index (κ2) is 3.47. The van der Waals surface area contributed by atoms with Crippen molar-refractivity contribution in [1.29, 1.82) is 0 Å². The summed E-state index contributed by atoms with van der Waals surface area (Å²) < 4.78 is 0. The maximum absolute atomic E-state index is 10.1. The predicted octanol–water partition coefficient (Wildman–Crippen LogP) is 1.80. The molecule has 3 rings (SSSR count). The number of anilines is 1. The van der Waals surface area contributed by atoms with E-state index < -0.39 is 5.91 Å². The highest BCUT2D eigenvalue weighted by Gasteiger charge is 2.39. The molecule has 0 aromatic heterocycles. The van der Waals surface area contributed by atoms with Crippen LogP contribution in [0.25, 0.3) is 0 Å². The number of benzene rings is 1. The summed E-state index contributed by atoms with van der Waals surface area (Å²) in [6, 6.07) is 8.13. The Hall–Kier alpha value is -1.06. The van der Waals surface area contributed by atoms with E-state index >= 15 is 0 Å². The Morgan fingerprint density at radius 3 is 2.88 bits per heavy atom. The van der Waals surface area contributed by atoms with E-state index in [1.54, 1.807) is 4.90 Å². The molecule has 1 unspecified atom stereocenters. The molecule has 0 spiro atoms. The minimum Gasteiger partial charge on any atom is -0.349 e. The van der Waals surface area contributed by atoms with Gasteiger partial charge in [0.05, 0.1) is 0 Å². The molecular weight excluding hydrogens is 202 g/mol. The molecule has 0 amide bonds. The molecule has 1 aromatic rings. The number of hydrogen-bond acceptors (Lipinski definition) is 3. The second-order valence-corrected chi connectivity index (χ2v) is 4.86. The Bertz CT molecular complexity index is 403. The molecule has 2 aliphatic heterocycles. The van der Waals surface area contributed by atoms with Crippen LogP contribution in [-0.4, -0.2) is 22.7 Å². The van der Waals surface area contributed by atoms with Crippen molar-refractivity contribution >= 4 is 5.69 Å². The molecule has 1 aromatic carbocycles. The smallest absolute Gasteiger partial charge is 0.246 e. The largest absolute Gasteiger partial charge is 0.349 e. The number of aliphatic hydroxyl groups is 2. The third kappa shape index (κ3) is 1.43. The van der Waals surface area contributed by atoms with Crippen LogP contribution in [0.1, 0.15) is 37.2 Å². The third-order valence-corrected chi connectivity index (χ3v) is 3.86. The summed E-state index contributed by atoms with van der Waals surface area (Å²) >= 11 is 0. The molecule has 2 bridgehead atoms. The highest BCUT2D eigenvalue weighted by Crippen LogP contribution is 2.43. The van der Waals surface area contributed by atoms with Crippen LogP contribution in [0.4, 0.5) is 5.69 Å².